The largest absolute Gasteiger partial charge is 0.384 e. The monoisotopic (exact) mass is 248 g/mol. The Morgan fingerprint density at radius 2 is 2.17 bits per heavy atom. The normalized spacial score (nSPS) is 20.8. The average molecular weight is 248 g/mol. The van der Waals surface area contributed by atoms with Crippen LogP contribution < -0.4 is 10.6 Å². The fourth-order valence-electron chi connectivity index (χ4n) is 2.83. The Kier molecular flexibility index (Phi) is 4.39. The molecule has 0 amide bonds. The summed E-state index contributed by atoms with van der Waals surface area (Å²) in [5, 5.41) is 0. The van der Waals surface area contributed by atoms with Gasteiger partial charge < -0.3 is 10.6 Å². The number of nitrogen functional groups attached to an aromatic ring is 1. The van der Waals surface area contributed by atoms with Crippen molar-refractivity contribution < 1.29 is 0 Å². The minimum absolute atomic E-state index is 0.576. The number of nitrogens with zero attached hydrogens (tertiary/aromatic N) is 3. The maximum atomic E-state index is 5.80. The summed E-state index contributed by atoms with van der Waals surface area (Å²) in [6.07, 6.45) is 6.54. The molecule has 1 aliphatic rings. The molecule has 0 saturated carbocycles. The molecular weight excluding hydrogens is 224 g/mol. The van der Waals surface area contributed by atoms with Crippen LogP contribution >= 0.6 is 0 Å². The number of aryl methyl sites for hydroxylation is 1. The molecule has 0 bridgehead atoms. The van der Waals surface area contributed by atoms with Crippen LogP contribution in [0.4, 0.5) is 11.6 Å². The van der Waals surface area contributed by atoms with Gasteiger partial charge in [0.25, 0.3) is 0 Å². The van der Waals surface area contributed by atoms with Gasteiger partial charge in [-0.3, -0.25) is 0 Å². The first-order valence-corrected chi connectivity index (χ1v) is 7.05. The quantitative estimate of drug-likeness (QED) is 0.893. The van der Waals surface area contributed by atoms with Crippen molar-refractivity contribution in [2.45, 2.75) is 46.0 Å². The van der Waals surface area contributed by atoms with Gasteiger partial charge in [-0.05, 0) is 32.1 Å². The molecule has 100 valence electrons. The fraction of sp³-hybridized carbons (Fsp3) is 0.714. The second-order valence-electron chi connectivity index (χ2n) is 5.27. The van der Waals surface area contributed by atoms with E-state index in [1.54, 1.807) is 0 Å². The highest BCUT2D eigenvalue weighted by Crippen LogP contribution is 2.25. The molecule has 1 fully saturated rings. The molecule has 1 atom stereocenters. The minimum atomic E-state index is 0.576. The van der Waals surface area contributed by atoms with Crippen LogP contribution in [0.15, 0.2) is 6.07 Å². The molecule has 4 nitrogen and oxygen atoms in total. The van der Waals surface area contributed by atoms with Crippen LogP contribution in [0.2, 0.25) is 0 Å². The Labute approximate surface area is 110 Å². The first-order valence-electron chi connectivity index (χ1n) is 7.05. The third-order valence-corrected chi connectivity index (χ3v) is 3.71. The Hall–Kier alpha value is -1.32. The molecular formula is C14H24N4. The van der Waals surface area contributed by atoms with Gasteiger partial charge in [0, 0.05) is 19.2 Å². The van der Waals surface area contributed by atoms with E-state index >= 15 is 0 Å². The molecule has 18 heavy (non-hydrogen) atoms. The van der Waals surface area contributed by atoms with E-state index in [0.717, 1.165) is 30.6 Å². The third kappa shape index (κ3) is 3.34. The summed E-state index contributed by atoms with van der Waals surface area (Å²) in [6, 6.07) is 1.90. The van der Waals surface area contributed by atoms with Crippen LogP contribution in [0.5, 0.6) is 0 Å². The van der Waals surface area contributed by atoms with Crippen molar-refractivity contribution in [3.8, 4) is 0 Å². The summed E-state index contributed by atoms with van der Waals surface area (Å²) in [5.74, 6) is 3.23. The number of hydrogen-bond acceptors (Lipinski definition) is 4. The lowest BCUT2D eigenvalue weighted by atomic mass is 9.96. The summed E-state index contributed by atoms with van der Waals surface area (Å²) in [6.45, 7) is 6.37. The zero-order valence-electron chi connectivity index (χ0n) is 11.5. The third-order valence-electron chi connectivity index (χ3n) is 3.71. The van der Waals surface area contributed by atoms with E-state index in [0.29, 0.717) is 5.82 Å². The second kappa shape index (κ2) is 6.03. The molecule has 1 aliphatic heterocycles. The van der Waals surface area contributed by atoms with Crippen LogP contribution in [-0.2, 0) is 0 Å². The van der Waals surface area contributed by atoms with E-state index in [4.69, 9.17) is 5.73 Å². The van der Waals surface area contributed by atoms with E-state index in [2.05, 4.69) is 21.8 Å². The molecule has 0 radical (unpaired) electrons. The van der Waals surface area contributed by atoms with Crippen molar-refractivity contribution in [3.63, 3.8) is 0 Å². The standard InChI is InChI=1S/C14H24N4/c1-3-5-12-6-4-8-18(9-7-12)14-10-13(15)16-11(2)17-14/h10,12H,3-9H2,1-2H3,(H2,15,16,17). The van der Waals surface area contributed by atoms with Gasteiger partial charge in [0.15, 0.2) is 0 Å². The first kappa shape index (κ1) is 13.1. The Morgan fingerprint density at radius 1 is 1.33 bits per heavy atom. The maximum absolute atomic E-state index is 5.80. The molecule has 0 aromatic carbocycles. The molecule has 1 unspecified atom stereocenters. The van der Waals surface area contributed by atoms with Crippen LogP contribution in [0.3, 0.4) is 0 Å². The highest BCUT2D eigenvalue weighted by molar-refractivity contribution is 5.46. The number of rotatable bonds is 3. The molecule has 2 N–H and O–H groups in total. The Balaban J connectivity index is 2.05. The summed E-state index contributed by atoms with van der Waals surface area (Å²) in [4.78, 5) is 11.0. The number of hydrogen-bond donors (Lipinski definition) is 1. The fourth-order valence-corrected chi connectivity index (χ4v) is 2.83. The van der Waals surface area contributed by atoms with E-state index in [1.807, 2.05) is 13.0 Å². The van der Waals surface area contributed by atoms with Gasteiger partial charge in [-0.15, -0.1) is 0 Å². The van der Waals surface area contributed by atoms with Crippen molar-refractivity contribution in [2.24, 2.45) is 5.92 Å². The summed E-state index contributed by atoms with van der Waals surface area (Å²) < 4.78 is 0. The SMILES string of the molecule is CCCC1CCCN(c2cc(N)nc(C)n2)CC1. The second-order valence-corrected chi connectivity index (χ2v) is 5.27. The van der Waals surface area contributed by atoms with Crippen molar-refractivity contribution in [3.05, 3.63) is 11.9 Å². The molecule has 4 heteroatoms. The average Bonchev–Trinajstić information content (AvgIpc) is 2.54. The van der Waals surface area contributed by atoms with Crippen molar-refractivity contribution in [1.82, 2.24) is 9.97 Å². The lowest BCUT2D eigenvalue weighted by Gasteiger charge is -2.22. The van der Waals surface area contributed by atoms with Crippen molar-refractivity contribution in [2.75, 3.05) is 23.7 Å². The van der Waals surface area contributed by atoms with Crippen LogP contribution in [0.1, 0.15) is 44.9 Å². The lowest BCUT2D eigenvalue weighted by molar-refractivity contribution is 0.435. The Bertz CT molecular complexity index is 371. The van der Waals surface area contributed by atoms with Gasteiger partial charge in [-0.1, -0.05) is 19.8 Å². The predicted octanol–water partition coefficient (Wildman–Crippen LogP) is 2.77. The molecule has 1 saturated heterocycles. The smallest absolute Gasteiger partial charge is 0.134 e. The van der Waals surface area contributed by atoms with Gasteiger partial charge in [-0.2, -0.15) is 0 Å². The van der Waals surface area contributed by atoms with Gasteiger partial charge in [0.2, 0.25) is 0 Å². The van der Waals surface area contributed by atoms with Crippen LogP contribution in [0.25, 0.3) is 0 Å². The molecule has 0 aliphatic carbocycles. The maximum Gasteiger partial charge on any atom is 0.134 e. The highest BCUT2D eigenvalue weighted by Gasteiger charge is 2.17. The molecule has 0 spiro atoms. The number of anilines is 2. The summed E-state index contributed by atoms with van der Waals surface area (Å²) in [7, 11) is 0. The number of aromatic nitrogens is 2. The Morgan fingerprint density at radius 3 is 2.89 bits per heavy atom. The summed E-state index contributed by atoms with van der Waals surface area (Å²) in [5.41, 5.74) is 5.80. The van der Waals surface area contributed by atoms with Crippen LogP contribution in [0, 0.1) is 12.8 Å². The van der Waals surface area contributed by atoms with Gasteiger partial charge in [0.1, 0.15) is 17.5 Å². The number of nitrogens with two attached hydrogens (primary N) is 1. The molecule has 2 rings (SSSR count). The topological polar surface area (TPSA) is 55.0 Å². The van der Waals surface area contributed by atoms with Crippen LogP contribution in [-0.4, -0.2) is 23.1 Å². The minimum Gasteiger partial charge on any atom is -0.384 e. The highest BCUT2D eigenvalue weighted by atomic mass is 15.2. The van der Waals surface area contributed by atoms with Gasteiger partial charge in [-0.25, -0.2) is 9.97 Å². The zero-order valence-corrected chi connectivity index (χ0v) is 11.5. The summed E-state index contributed by atoms with van der Waals surface area (Å²) >= 11 is 0. The van der Waals surface area contributed by atoms with Gasteiger partial charge in [0.05, 0.1) is 0 Å². The predicted molar refractivity (Wildman–Crippen MR) is 75.6 cm³/mol. The molecule has 2 heterocycles. The van der Waals surface area contributed by atoms with E-state index in [-0.39, 0.29) is 0 Å². The first-order chi connectivity index (χ1) is 8.69. The van der Waals surface area contributed by atoms with E-state index in [1.165, 1.54) is 32.1 Å². The van der Waals surface area contributed by atoms with E-state index < -0.39 is 0 Å². The zero-order chi connectivity index (χ0) is 13.0. The van der Waals surface area contributed by atoms with Crippen molar-refractivity contribution in [1.29, 1.82) is 0 Å². The molecule has 1 aromatic rings. The van der Waals surface area contributed by atoms with Crippen molar-refractivity contribution >= 4 is 11.6 Å². The molecule has 1 aromatic heterocycles. The lowest BCUT2D eigenvalue weighted by Crippen LogP contribution is -2.25. The van der Waals surface area contributed by atoms with Gasteiger partial charge >= 0.3 is 0 Å². The van der Waals surface area contributed by atoms with E-state index in [9.17, 15) is 0 Å².